The molecule has 0 aromatic heterocycles. The van der Waals surface area contributed by atoms with Crippen LogP contribution in [0.3, 0.4) is 0 Å². The quantitative estimate of drug-likeness (QED) is 0.591. The van der Waals surface area contributed by atoms with Crippen molar-refractivity contribution < 1.29 is 36.2 Å². The Morgan fingerprint density at radius 2 is 1.37 bits per heavy atom. The number of alkyl halides is 6. The summed E-state index contributed by atoms with van der Waals surface area (Å²) in [5, 5.41) is 11.6. The van der Waals surface area contributed by atoms with Crippen molar-refractivity contribution >= 4 is 17.7 Å². The van der Waals surface area contributed by atoms with E-state index in [-0.39, 0.29) is 5.69 Å². The molecule has 0 fully saturated rings. The standard InChI is InChI=1S/C18H13F6NO2/c19-17(20,21)16(27,18(22,23)24)13-7-9-14(10-8-13)25-15(26)11-6-12-4-2-1-3-5-12/h1-11,27H,(H,25,26). The molecule has 2 aromatic rings. The fourth-order valence-corrected chi connectivity index (χ4v) is 2.20. The molecule has 0 aliphatic heterocycles. The normalized spacial score (nSPS) is 13.0. The number of rotatable bonds is 4. The molecular weight excluding hydrogens is 376 g/mol. The number of carbonyl (C=O) groups is 1. The van der Waals surface area contributed by atoms with E-state index in [0.717, 1.165) is 23.8 Å². The molecule has 0 heterocycles. The number of carbonyl (C=O) groups excluding carboxylic acids is 1. The molecule has 0 radical (unpaired) electrons. The SMILES string of the molecule is O=C(C=Cc1ccccc1)Nc1ccc(C(O)(C(F)(F)F)C(F)(F)F)cc1. The second-order valence-electron chi connectivity index (χ2n) is 5.52. The van der Waals surface area contributed by atoms with Crippen molar-refractivity contribution in [1.82, 2.24) is 0 Å². The third-order valence-electron chi connectivity index (χ3n) is 3.62. The summed E-state index contributed by atoms with van der Waals surface area (Å²) in [6, 6.07) is 11.3. The summed E-state index contributed by atoms with van der Waals surface area (Å²) in [6.07, 6.45) is -9.29. The van der Waals surface area contributed by atoms with Crippen molar-refractivity contribution in [1.29, 1.82) is 0 Å². The Labute approximate surface area is 149 Å². The average Bonchev–Trinajstić information content (AvgIpc) is 2.59. The highest BCUT2D eigenvalue weighted by atomic mass is 19.4. The van der Waals surface area contributed by atoms with Crippen LogP contribution in [0.15, 0.2) is 60.7 Å². The third kappa shape index (κ3) is 4.48. The van der Waals surface area contributed by atoms with Crippen LogP contribution in [-0.2, 0) is 10.4 Å². The molecule has 0 bridgehead atoms. The summed E-state index contributed by atoms with van der Waals surface area (Å²) in [5.41, 5.74) is -5.72. The van der Waals surface area contributed by atoms with Gasteiger partial charge in [-0.25, -0.2) is 0 Å². The van der Waals surface area contributed by atoms with Crippen molar-refractivity contribution in [2.45, 2.75) is 18.0 Å². The topological polar surface area (TPSA) is 49.3 Å². The number of aliphatic hydroxyl groups is 1. The van der Waals surface area contributed by atoms with E-state index in [9.17, 15) is 36.2 Å². The first-order chi connectivity index (χ1) is 12.4. The maximum atomic E-state index is 12.8. The van der Waals surface area contributed by atoms with E-state index in [1.54, 1.807) is 30.3 Å². The second-order valence-corrected chi connectivity index (χ2v) is 5.52. The summed E-state index contributed by atoms with van der Waals surface area (Å²) >= 11 is 0. The van der Waals surface area contributed by atoms with Gasteiger partial charge >= 0.3 is 12.4 Å². The molecule has 0 saturated heterocycles. The summed E-state index contributed by atoms with van der Waals surface area (Å²) in [7, 11) is 0. The van der Waals surface area contributed by atoms with Gasteiger partial charge in [-0.2, -0.15) is 26.3 Å². The van der Waals surface area contributed by atoms with Gasteiger partial charge in [-0.3, -0.25) is 4.79 Å². The van der Waals surface area contributed by atoms with Crippen LogP contribution in [0.1, 0.15) is 11.1 Å². The Kier molecular flexibility index (Phi) is 5.65. The number of halogens is 6. The van der Waals surface area contributed by atoms with Gasteiger partial charge in [0, 0.05) is 17.3 Å². The Morgan fingerprint density at radius 3 is 1.85 bits per heavy atom. The second kappa shape index (κ2) is 7.43. The van der Waals surface area contributed by atoms with Crippen LogP contribution in [0.2, 0.25) is 0 Å². The molecule has 0 aliphatic carbocycles. The third-order valence-corrected chi connectivity index (χ3v) is 3.62. The highest BCUT2D eigenvalue weighted by molar-refractivity contribution is 6.01. The molecular formula is C18H13F6NO2. The predicted octanol–water partition coefficient (Wildman–Crippen LogP) is 4.65. The Balaban J connectivity index is 2.17. The minimum atomic E-state index is -5.96. The van der Waals surface area contributed by atoms with Crippen molar-refractivity contribution in [3.05, 3.63) is 71.8 Å². The molecule has 0 spiro atoms. The van der Waals surface area contributed by atoms with Gasteiger partial charge in [-0.15, -0.1) is 0 Å². The summed E-state index contributed by atoms with van der Waals surface area (Å²) in [5.74, 6) is -0.631. The zero-order valence-corrected chi connectivity index (χ0v) is 13.5. The van der Waals surface area contributed by atoms with Crippen molar-refractivity contribution in [2.24, 2.45) is 0 Å². The lowest BCUT2D eigenvalue weighted by atomic mass is 9.92. The summed E-state index contributed by atoms with van der Waals surface area (Å²) < 4.78 is 76.9. The smallest absolute Gasteiger partial charge is 0.369 e. The molecule has 144 valence electrons. The highest BCUT2D eigenvalue weighted by Crippen LogP contribution is 2.50. The van der Waals surface area contributed by atoms with Crippen LogP contribution < -0.4 is 5.32 Å². The van der Waals surface area contributed by atoms with E-state index in [4.69, 9.17) is 0 Å². The lowest BCUT2D eigenvalue weighted by molar-refractivity contribution is -0.376. The van der Waals surface area contributed by atoms with Crippen LogP contribution in [0.4, 0.5) is 32.0 Å². The van der Waals surface area contributed by atoms with E-state index in [2.05, 4.69) is 5.32 Å². The number of benzene rings is 2. The van der Waals surface area contributed by atoms with Crippen LogP contribution in [0, 0.1) is 0 Å². The number of nitrogens with one attached hydrogen (secondary N) is 1. The fourth-order valence-electron chi connectivity index (χ4n) is 2.20. The molecule has 0 aliphatic rings. The van der Waals surface area contributed by atoms with Crippen molar-refractivity contribution in [2.75, 3.05) is 5.32 Å². The van der Waals surface area contributed by atoms with Gasteiger partial charge in [0.1, 0.15) is 0 Å². The molecule has 2 aromatic carbocycles. The number of hydrogen-bond acceptors (Lipinski definition) is 2. The number of anilines is 1. The van der Waals surface area contributed by atoms with Crippen LogP contribution >= 0.6 is 0 Å². The first-order valence-electron chi connectivity index (χ1n) is 7.45. The summed E-state index contributed by atoms with van der Waals surface area (Å²) in [6.45, 7) is 0. The van der Waals surface area contributed by atoms with Gasteiger partial charge < -0.3 is 10.4 Å². The van der Waals surface area contributed by atoms with Crippen LogP contribution in [0.5, 0.6) is 0 Å². The molecule has 27 heavy (non-hydrogen) atoms. The predicted molar refractivity (Wildman–Crippen MR) is 86.6 cm³/mol. The molecule has 2 N–H and O–H groups in total. The minimum Gasteiger partial charge on any atom is -0.369 e. The lowest BCUT2D eigenvalue weighted by Crippen LogP contribution is -2.53. The molecule has 3 nitrogen and oxygen atoms in total. The highest BCUT2D eigenvalue weighted by Gasteiger charge is 2.71. The summed E-state index contributed by atoms with van der Waals surface area (Å²) in [4.78, 5) is 11.8. The first kappa shape index (κ1) is 20.5. The minimum absolute atomic E-state index is 0.0341. The van der Waals surface area contributed by atoms with E-state index < -0.39 is 29.4 Å². The Hall–Kier alpha value is -2.81. The zero-order valence-electron chi connectivity index (χ0n) is 13.5. The fraction of sp³-hybridized carbons (Fsp3) is 0.167. The number of amides is 1. The molecule has 1 amide bonds. The van der Waals surface area contributed by atoms with Gasteiger partial charge in [-0.05, 0) is 23.8 Å². The maximum Gasteiger partial charge on any atom is 0.430 e. The van der Waals surface area contributed by atoms with E-state index in [1.165, 1.54) is 6.08 Å². The average molecular weight is 389 g/mol. The van der Waals surface area contributed by atoms with E-state index in [0.29, 0.717) is 12.1 Å². The van der Waals surface area contributed by atoms with E-state index in [1.807, 2.05) is 0 Å². The number of hydrogen-bond donors (Lipinski definition) is 2. The van der Waals surface area contributed by atoms with Gasteiger partial charge in [0.2, 0.25) is 5.91 Å². The monoisotopic (exact) mass is 389 g/mol. The molecule has 0 saturated carbocycles. The first-order valence-corrected chi connectivity index (χ1v) is 7.45. The van der Waals surface area contributed by atoms with Crippen molar-refractivity contribution in [3.8, 4) is 0 Å². The largest absolute Gasteiger partial charge is 0.430 e. The zero-order chi connectivity index (χ0) is 20.3. The lowest BCUT2D eigenvalue weighted by Gasteiger charge is -2.32. The van der Waals surface area contributed by atoms with Crippen LogP contribution in [0.25, 0.3) is 6.08 Å². The molecule has 9 heteroatoms. The van der Waals surface area contributed by atoms with Gasteiger partial charge in [0.25, 0.3) is 5.60 Å². The van der Waals surface area contributed by atoms with Crippen LogP contribution in [-0.4, -0.2) is 23.4 Å². The maximum absolute atomic E-state index is 12.8. The van der Waals surface area contributed by atoms with Crippen molar-refractivity contribution in [3.63, 3.8) is 0 Å². The molecule has 0 unspecified atom stereocenters. The molecule has 0 atom stereocenters. The van der Waals surface area contributed by atoms with Gasteiger partial charge in [0.05, 0.1) is 0 Å². The Morgan fingerprint density at radius 1 is 0.852 bits per heavy atom. The van der Waals surface area contributed by atoms with E-state index >= 15 is 0 Å². The molecule has 2 rings (SSSR count). The van der Waals surface area contributed by atoms with Gasteiger partial charge in [0.15, 0.2) is 0 Å². The Bertz CT molecular complexity index is 796. The van der Waals surface area contributed by atoms with Gasteiger partial charge in [-0.1, -0.05) is 42.5 Å².